The van der Waals surface area contributed by atoms with Gasteiger partial charge in [-0.15, -0.1) is 0 Å². The number of likely N-dealkylation sites (tertiary alicyclic amines) is 1. The van der Waals surface area contributed by atoms with E-state index in [1.54, 1.807) is 6.07 Å². The molecule has 0 saturated carbocycles. The van der Waals surface area contributed by atoms with Crippen LogP contribution in [0.1, 0.15) is 50.2 Å². The SMILES string of the molecule is CCCCN(C(=O)CN1C[C@H](c2ccc3c(c2)OCO3)[C@@H](C)[C@@H]1CCc1ccccc1O)c1ccc[n+](C)c1. The highest BCUT2D eigenvalue weighted by Crippen LogP contribution is 2.42. The summed E-state index contributed by atoms with van der Waals surface area (Å²) in [6.07, 6.45) is 7.61. The number of ether oxygens (including phenoxy) is 2. The number of para-hydroxylation sites is 1. The van der Waals surface area contributed by atoms with Gasteiger partial charge in [0.05, 0.1) is 6.54 Å². The number of unbranched alkanes of at least 4 members (excludes halogenated alkanes) is 1. The average Bonchev–Trinajstić information content (AvgIpc) is 3.52. The Morgan fingerprint density at radius 2 is 1.95 bits per heavy atom. The summed E-state index contributed by atoms with van der Waals surface area (Å²) in [6.45, 7) is 6.56. The number of pyridine rings is 1. The highest BCUT2D eigenvalue weighted by molar-refractivity contribution is 5.94. The summed E-state index contributed by atoms with van der Waals surface area (Å²) in [6, 6.07) is 18.0. The van der Waals surface area contributed by atoms with E-state index in [0.717, 1.165) is 55.0 Å². The van der Waals surface area contributed by atoms with Crippen molar-refractivity contribution in [2.45, 2.75) is 51.5 Å². The molecule has 0 unspecified atom stereocenters. The Morgan fingerprint density at radius 3 is 2.74 bits per heavy atom. The van der Waals surface area contributed by atoms with Crippen LogP contribution in [0.15, 0.2) is 67.0 Å². The van der Waals surface area contributed by atoms with Crippen molar-refractivity contribution in [2.75, 3.05) is 31.3 Å². The number of phenolic OH excluding ortho intramolecular Hbond substituents is 1. The zero-order chi connectivity index (χ0) is 27.4. The molecule has 0 spiro atoms. The molecule has 1 saturated heterocycles. The van der Waals surface area contributed by atoms with Gasteiger partial charge in [0.1, 0.15) is 18.5 Å². The minimum Gasteiger partial charge on any atom is -0.508 e. The Bertz CT molecular complexity index is 1300. The van der Waals surface area contributed by atoms with Crippen LogP contribution in [-0.2, 0) is 18.3 Å². The fourth-order valence-electron chi connectivity index (χ4n) is 6.07. The summed E-state index contributed by atoms with van der Waals surface area (Å²) in [4.78, 5) is 18.2. The van der Waals surface area contributed by atoms with Crippen LogP contribution in [0.5, 0.6) is 17.2 Å². The van der Waals surface area contributed by atoms with E-state index in [9.17, 15) is 9.90 Å². The third kappa shape index (κ3) is 6.04. The van der Waals surface area contributed by atoms with Crippen LogP contribution in [0.25, 0.3) is 0 Å². The van der Waals surface area contributed by atoms with Crippen LogP contribution >= 0.6 is 0 Å². The van der Waals surface area contributed by atoms with Gasteiger partial charge < -0.3 is 19.5 Å². The number of aryl methyl sites for hydroxylation is 2. The number of hydrogen-bond donors (Lipinski definition) is 1. The van der Waals surface area contributed by atoms with Gasteiger partial charge in [-0.05, 0) is 60.6 Å². The second kappa shape index (κ2) is 12.1. The number of carbonyl (C=O) groups is 1. The summed E-state index contributed by atoms with van der Waals surface area (Å²) in [7, 11) is 1.99. The topological polar surface area (TPSA) is 66.1 Å². The molecule has 2 aliphatic rings. The Morgan fingerprint density at radius 1 is 1.13 bits per heavy atom. The number of aromatic hydroxyl groups is 1. The second-order valence-corrected chi connectivity index (χ2v) is 10.9. The molecule has 7 nitrogen and oxygen atoms in total. The molecule has 3 aromatic rings. The molecular formula is C32H40N3O4+. The standard InChI is InChI=1S/C32H39N3O4/c1-4-5-17-35(26-10-8-16-33(3)19-26)32(37)21-34-20-27(25-13-15-30-31(18-25)39-22-38-30)23(2)28(34)14-12-24-9-6-7-11-29(24)36/h6-11,13,15-16,18-19,23,27-28H,4-5,12,14,17,20-22H2,1-3H3/p+1/t23-,27+,28+/m1/s1. The number of amides is 1. The molecule has 206 valence electrons. The van der Waals surface area contributed by atoms with Crippen LogP contribution in [0, 0.1) is 5.92 Å². The van der Waals surface area contributed by atoms with Crippen molar-refractivity contribution < 1.29 is 23.9 Å². The average molecular weight is 531 g/mol. The van der Waals surface area contributed by atoms with Crippen LogP contribution in [0.4, 0.5) is 5.69 Å². The maximum Gasteiger partial charge on any atom is 0.241 e. The number of anilines is 1. The summed E-state index contributed by atoms with van der Waals surface area (Å²) in [5.74, 6) is 2.63. The predicted molar refractivity (Wildman–Crippen MR) is 151 cm³/mol. The van der Waals surface area contributed by atoms with Crippen molar-refractivity contribution in [3.8, 4) is 17.2 Å². The molecule has 2 aliphatic heterocycles. The molecule has 39 heavy (non-hydrogen) atoms. The minimum absolute atomic E-state index is 0.126. The monoisotopic (exact) mass is 530 g/mol. The van der Waals surface area contributed by atoms with Crippen LogP contribution in [0.2, 0.25) is 0 Å². The lowest BCUT2D eigenvalue weighted by atomic mass is 9.84. The molecule has 3 heterocycles. The summed E-state index contributed by atoms with van der Waals surface area (Å²) >= 11 is 0. The lowest BCUT2D eigenvalue weighted by Gasteiger charge is -2.29. The van der Waals surface area contributed by atoms with E-state index in [1.165, 1.54) is 5.56 Å². The first-order chi connectivity index (χ1) is 18.9. The number of phenols is 1. The first kappa shape index (κ1) is 27.0. The van der Waals surface area contributed by atoms with Crippen LogP contribution < -0.4 is 18.9 Å². The fraction of sp³-hybridized carbons (Fsp3) is 0.438. The van der Waals surface area contributed by atoms with E-state index in [-0.39, 0.29) is 24.7 Å². The number of aromatic nitrogens is 1. The number of hydrogen-bond acceptors (Lipinski definition) is 5. The quantitative estimate of drug-likeness (QED) is 0.381. The molecule has 0 radical (unpaired) electrons. The molecule has 2 aromatic carbocycles. The van der Waals surface area contributed by atoms with Gasteiger partial charge in [0, 0.05) is 31.1 Å². The Labute approximate surface area is 231 Å². The van der Waals surface area contributed by atoms with Gasteiger partial charge in [0.15, 0.2) is 23.9 Å². The molecule has 0 aliphatic carbocycles. The van der Waals surface area contributed by atoms with Gasteiger partial charge in [-0.25, -0.2) is 4.57 Å². The maximum atomic E-state index is 13.9. The molecule has 1 aromatic heterocycles. The fourth-order valence-corrected chi connectivity index (χ4v) is 6.07. The molecule has 1 N–H and O–H groups in total. The van der Waals surface area contributed by atoms with E-state index in [0.29, 0.717) is 24.8 Å². The highest BCUT2D eigenvalue weighted by Gasteiger charge is 2.41. The Balaban J connectivity index is 1.39. The molecule has 7 heteroatoms. The molecule has 3 atom stereocenters. The summed E-state index contributed by atoms with van der Waals surface area (Å²) < 4.78 is 13.2. The maximum absolute atomic E-state index is 13.9. The van der Waals surface area contributed by atoms with Gasteiger partial charge in [0.25, 0.3) is 0 Å². The van der Waals surface area contributed by atoms with Crippen molar-refractivity contribution in [3.63, 3.8) is 0 Å². The van der Waals surface area contributed by atoms with Crippen LogP contribution in [-0.4, -0.2) is 48.4 Å². The molecule has 0 bridgehead atoms. The van der Waals surface area contributed by atoms with Gasteiger partial charge in [-0.2, -0.15) is 0 Å². The van der Waals surface area contributed by atoms with Crippen molar-refractivity contribution >= 4 is 11.6 Å². The lowest BCUT2D eigenvalue weighted by molar-refractivity contribution is -0.670. The smallest absolute Gasteiger partial charge is 0.241 e. The van der Waals surface area contributed by atoms with E-state index in [1.807, 2.05) is 65.3 Å². The highest BCUT2D eigenvalue weighted by atomic mass is 16.7. The van der Waals surface area contributed by atoms with Gasteiger partial charge in [0.2, 0.25) is 12.7 Å². The molecular weight excluding hydrogens is 490 g/mol. The van der Waals surface area contributed by atoms with Crippen molar-refractivity contribution in [1.82, 2.24) is 4.90 Å². The number of fused-ring (bicyclic) bond motifs is 1. The van der Waals surface area contributed by atoms with Crippen molar-refractivity contribution in [2.24, 2.45) is 13.0 Å². The second-order valence-electron chi connectivity index (χ2n) is 10.9. The summed E-state index contributed by atoms with van der Waals surface area (Å²) in [5, 5.41) is 10.4. The Kier molecular flexibility index (Phi) is 8.36. The Hall–Kier alpha value is -3.58. The zero-order valence-electron chi connectivity index (χ0n) is 23.3. The van der Waals surface area contributed by atoms with Crippen molar-refractivity contribution in [1.29, 1.82) is 0 Å². The van der Waals surface area contributed by atoms with E-state index >= 15 is 0 Å². The zero-order valence-corrected chi connectivity index (χ0v) is 23.3. The number of benzene rings is 2. The van der Waals surface area contributed by atoms with Crippen molar-refractivity contribution in [3.05, 3.63) is 78.1 Å². The van der Waals surface area contributed by atoms with E-state index in [4.69, 9.17) is 9.47 Å². The minimum atomic E-state index is 0.126. The molecule has 1 fully saturated rings. The first-order valence-corrected chi connectivity index (χ1v) is 14.1. The first-order valence-electron chi connectivity index (χ1n) is 14.1. The third-order valence-corrected chi connectivity index (χ3v) is 8.28. The van der Waals surface area contributed by atoms with Gasteiger partial charge >= 0.3 is 0 Å². The number of carbonyl (C=O) groups excluding carboxylic acids is 1. The van der Waals surface area contributed by atoms with E-state index in [2.05, 4.69) is 30.9 Å². The van der Waals surface area contributed by atoms with Crippen LogP contribution in [0.3, 0.4) is 0 Å². The third-order valence-electron chi connectivity index (χ3n) is 8.28. The summed E-state index contributed by atoms with van der Waals surface area (Å²) in [5.41, 5.74) is 3.10. The number of rotatable bonds is 10. The number of nitrogens with zero attached hydrogens (tertiary/aromatic N) is 3. The van der Waals surface area contributed by atoms with Gasteiger partial charge in [-0.1, -0.05) is 44.5 Å². The lowest BCUT2D eigenvalue weighted by Crippen LogP contribution is -2.44. The normalized spacial score (nSPS) is 20.3. The largest absolute Gasteiger partial charge is 0.508 e. The molecule has 1 amide bonds. The van der Waals surface area contributed by atoms with Gasteiger partial charge in [-0.3, -0.25) is 9.69 Å². The molecule has 5 rings (SSSR count). The van der Waals surface area contributed by atoms with E-state index < -0.39 is 0 Å². The predicted octanol–water partition coefficient (Wildman–Crippen LogP) is 4.82.